The first-order valence-corrected chi connectivity index (χ1v) is 10.3. The number of hydrogen-bond acceptors (Lipinski definition) is 6. The third-order valence-electron chi connectivity index (χ3n) is 5.96. The van der Waals surface area contributed by atoms with Crippen molar-refractivity contribution in [3.05, 3.63) is 50.3 Å². The minimum Gasteiger partial charge on any atom is -0.496 e. The number of nitrogens with zero attached hydrogens (tertiary/aromatic N) is 3. The number of ether oxygens (including phenoxy) is 1. The van der Waals surface area contributed by atoms with Crippen LogP contribution in [0.3, 0.4) is 0 Å². The molecule has 1 aromatic carbocycles. The van der Waals surface area contributed by atoms with E-state index in [0.29, 0.717) is 11.4 Å². The van der Waals surface area contributed by atoms with Gasteiger partial charge in [0.2, 0.25) is 0 Å². The maximum atomic E-state index is 13.3. The maximum absolute atomic E-state index is 13.3. The molecule has 0 saturated carbocycles. The first-order valence-electron chi connectivity index (χ1n) is 10.3. The summed E-state index contributed by atoms with van der Waals surface area (Å²) in [5.74, 6) is -0.0882. The Balaban J connectivity index is 1.78. The van der Waals surface area contributed by atoms with Crippen LogP contribution in [0.5, 0.6) is 5.75 Å². The first-order chi connectivity index (χ1) is 14.4. The van der Waals surface area contributed by atoms with E-state index >= 15 is 0 Å². The molecule has 8 heteroatoms. The topological polar surface area (TPSA) is 97.6 Å². The molecule has 0 fully saturated rings. The molecular weight excluding hydrogens is 384 g/mol. The lowest BCUT2D eigenvalue weighted by molar-refractivity contribution is -0.384. The lowest BCUT2D eigenvalue weighted by Crippen LogP contribution is -2.20. The van der Waals surface area contributed by atoms with Gasteiger partial charge < -0.3 is 15.0 Å². The normalized spacial score (nSPS) is 14.6. The number of nitrogens with one attached hydrogen (secondary N) is 1. The molecule has 30 heavy (non-hydrogen) atoms. The lowest BCUT2D eigenvalue weighted by atomic mass is 9.92. The molecule has 1 amide bonds. The summed E-state index contributed by atoms with van der Waals surface area (Å²) in [5.41, 5.74) is 5.66. The Labute approximate surface area is 175 Å². The third kappa shape index (κ3) is 3.46. The fourth-order valence-corrected chi connectivity index (χ4v) is 4.49. The molecule has 158 valence electrons. The summed E-state index contributed by atoms with van der Waals surface area (Å²) in [6, 6.07) is 2.84. The van der Waals surface area contributed by atoms with Crippen molar-refractivity contribution in [1.82, 2.24) is 4.98 Å². The number of hydrogen-bond donors (Lipinski definition) is 1. The Kier molecular flexibility index (Phi) is 5.32. The Morgan fingerprint density at radius 1 is 1.10 bits per heavy atom. The largest absolute Gasteiger partial charge is 0.496 e. The summed E-state index contributed by atoms with van der Waals surface area (Å²) in [6.07, 6.45) is 6.85. The van der Waals surface area contributed by atoms with Gasteiger partial charge in [0, 0.05) is 37.6 Å². The van der Waals surface area contributed by atoms with Crippen molar-refractivity contribution in [1.29, 1.82) is 0 Å². The molecular formula is C22H26N4O4. The highest BCUT2D eigenvalue weighted by Gasteiger charge is 2.28. The van der Waals surface area contributed by atoms with Gasteiger partial charge in [-0.15, -0.1) is 0 Å². The standard InChI is InChI=1S/C22H26N4O4/c1-25(2)18-12-20(30-3)15(11-19(18)26(28)29)22(27)24-21-13-7-4-5-9-16(13)23-17-10-6-8-14(17)21/h11-12H,4-10H2,1-3H3,(H,23,24,27). The zero-order valence-electron chi connectivity index (χ0n) is 17.6. The molecule has 0 aliphatic heterocycles. The number of carbonyl (C=O) groups is 1. The predicted molar refractivity (Wildman–Crippen MR) is 115 cm³/mol. The highest BCUT2D eigenvalue weighted by Crippen LogP contribution is 2.38. The van der Waals surface area contributed by atoms with Crippen molar-refractivity contribution in [3.63, 3.8) is 0 Å². The van der Waals surface area contributed by atoms with Gasteiger partial charge in [0.05, 0.1) is 23.3 Å². The van der Waals surface area contributed by atoms with Gasteiger partial charge in [-0.2, -0.15) is 0 Å². The summed E-state index contributed by atoms with van der Waals surface area (Å²) in [7, 11) is 4.89. The fourth-order valence-electron chi connectivity index (χ4n) is 4.49. The number of amides is 1. The van der Waals surface area contributed by atoms with Crippen LogP contribution in [0.4, 0.5) is 17.1 Å². The van der Waals surface area contributed by atoms with Crippen LogP contribution in [0.2, 0.25) is 0 Å². The number of nitro groups is 1. The first kappa shape index (κ1) is 20.1. The van der Waals surface area contributed by atoms with Crippen molar-refractivity contribution >= 4 is 23.0 Å². The summed E-state index contributed by atoms with van der Waals surface area (Å²) < 4.78 is 5.41. The van der Waals surface area contributed by atoms with Gasteiger partial charge in [-0.05, 0) is 56.1 Å². The van der Waals surface area contributed by atoms with Crippen LogP contribution in [0.25, 0.3) is 0 Å². The zero-order chi connectivity index (χ0) is 21.4. The number of aryl methyl sites for hydroxylation is 2. The second kappa shape index (κ2) is 7.93. The van der Waals surface area contributed by atoms with E-state index in [1.54, 1.807) is 25.1 Å². The number of fused-ring (bicyclic) bond motifs is 2. The molecule has 8 nitrogen and oxygen atoms in total. The Morgan fingerprint density at radius 3 is 2.37 bits per heavy atom. The fraction of sp³-hybridized carbons (Fsp3) is 0.455. The van der Waals surface area contributed by atoms with Gasteiger partial charge in [-0.25, -0.2) is 0 Å². The van der Waals surface area contributed by atoms with E-state index in [9.17, 15) is 14.9 Å². The van der Waals surface area contributed by atoms with Crippen LogP contribution < -0.4 is 15.0 Å². The number of aromatic nitrogens is 1. The SMILES string of the molecule is COc1cc(N(C)C)c([N+](=O)[O-])cc1C(=O)Nc1c2c(nc3c1CCC3)CCCC2. The second-order valence-corrected chi connectivity index (χ2v) is 8.04. The van der Waals surface area contributed by atoms with E-state index in [1.807, 2.05) is 0 Å². The number of nitro benzene ring substituents is 1. The van der Waals surface area contributed by atoms with E-state index in [4.69, 9.17) is 9.72 Å². The van der Waals surface area contributed by atoms with Gasteiger partial charge in [-0.3, -0.25) is 19.9 Å². The number of benzene rings is 1. The van der Waals surface area contributed by atoms with Gasteiger partial charge in [0.1, 0.15) is 11.4 Å². The highest BCUT2D eigenvalue weighted by atomic mass is 16.6. The van der Waals surface area contributed by atoms with Gasteiger partial charge >= 0.3 is 0 Å². The average molecular weight is 410 g/mol. The van der Waals surface area contributed by atoms with Crippen LogP contribution in [0.1, 0.15) is 52.1 Å². The molecule has 0 spiro atoms. The molecule has 4 rings (SSSR count). The van der Waals surface area contributed by atoms with Crippen LogP contribution in [-0.4, -0.2) is 37.0 Å². The van der Waals surface area contributed by atoms with Gasteiger partial charge in [0.25, 0.3) is 11.6 Å². The Morgan fingerprint density at radius 2 is 1.73 bits per heavy atom. The summed E-state index contributed by atoms with van der Waals surface area (Å²) >= 11 is 0. The molecule has 1 N–H and O–H groups in total. The van der Waals surface area contributed by atoms with E-state index < -0.39 is 10.8 Å². The monoisotopic (exact) mass is 410 g/mol. The smallest absolute Gasteiger partial charge is 0.293 e. The average Bonchev–Trinajstić information content (AvgIpc) is 3.20. The summed E-state index contributed by atoms with van der Waals surface area (Å²) in [4.78, 5) is 30.9. The molecule has 2 aliphatic carbocycles. The number of carbonyl (C=O) groups excluding carboxylic acids is 1. The Bertz CT molecular complexity index is 1030. The minimum atomic E-state index is -0.475. The number of methoxy groups -OCH3 is 1. The number of anilines is 2. The summed E-state index contributed by atoms with van der Waals surface area (Å²) in [5, 5.41) is 14.7. The molecule has 0 atom stereocenters. The van der Waals surface area contributed by atoms with Gasteiger partial charge in [0.15, 0.2) is 0 Å². The molecule has 0 unspecified atom stereocenters. The molecule has 0 saturated heterocycles. The maximum Gasteiger partial charge on any atom is 0.293 e. The second-order valence-electron chi connectivity index (χ2n) is 8.04. The van der Waals surface area contributed by atoms with Crippen molar-refractivity contribution in [3.8, 4) is 5.75 Å². The van der Waals surface area contributed by atoms with E-state index in [2.05, 4.69) is 5.32 Å². The van der Waals surface area contributed by atoms with Crippen molar-refractivity contribution < 1.29 is 14.5 Å². The van der Waals surface area contributed by atoms with Crippen molar-refractivity contribution in [2.75, 3.05) is 31.4 Å². The van der Waals surface area contributed by atoms with Crippen molar-refractivity contribution in [2.45, 2.75) is 44.9 Å². The molecule has 1 heterocycles. The molecule has 0 radical (unpaired) electrons. The molecule has 1 aromatic heterocycles. The Hall–Kier alpha value is -3.16. The van der Waals surface area contributed by atoms with Crippen LogP contribution in [-0.2, 0) is 25.7 Å². The summed E-state index contributed by atoms with van der Waals surface area (Å²) in [6.45, 7) is 0. The van der Waals surface area contributed by atoms with E-state index in [0.717, 1.165) is 73.1 Å². The predicted octanol–water partition coefficient (Wildman–Crippen LogP) is 3.68. The van der Waals surface area contributed by atoms with Crippen LogP contribution in [0, 0.1) is 10.1 Å². The van der Waals surface area contributed by atoms with E-state index in [1.165, 1.54) is 13.2 Å². The quantitative estimate of drug-likeness (QED) is 0.596. The van der Waals surface area contributed by atoms with Gasteiger partial charge in [-0.1, -0.05) is 0 Å². The molecule has 0 bridgehead atoms. The van der Waals surface area contributed by atoms with Crippen LogP contribution >= 0.6 is 0 Å². The molecule has 2 aliphatic rings. The number of pyridine rings is 1. The minimum absolute atomic E-state index is 0.132. The highest BCUT2D eigenvalue weighted by molar-refractivity contribution is 6.08. The third-order valence-corrected chi connectivity index (χ3v) is 5.96. The van der Waals surface area contributed by atoms with E-state index in [-0.39, 0.29) is 11.3 Å². The van der Waals surface area contributed by atoms with Crippen molar-refractivity contribution in [2.24, 2.45) is 0 Å². The van der Waals surface area contributed by atoms with Crippen LogP contribution in [0.15, 0.2) is 12.1 Å². The number of rotatable bonds is 5. The lowest BCUT2D eigenvalue weighted by Gasteiger charge is -2.23. The zero-order valence-corrected chi connectivity index (χ0v) is 17.6. The molecule has 2 aromatic rings.